The minimum atomic E-state index is -0.538. The lowest BCUT2D eigenvalue weighted by Gasteiger charge is -2.30. The van der Waals surface area contributed by atoms with E-state index in [-0.39, 0.29) is 16.6 Å². The van der Waals surface area contributed by atoms with E-state index < -0.39 is 11.5 Å². The molecule has 2 unspecified atom stereocenters. The summed E-state index contributed by atoms with van der Waals surface area (Å²) in [6, 6.07) is 6.91. The molecule has 7 heteroatoms. The number of esters is 1. The molecule has 1 aromatic carbocycles. The fourth-order valence-corrected chi connectivity index (χ4v) is 3.56. The first-order valence-corrected chi connectivity index (χ1v) is 9.12. The molecule has 1 saturated carbocycles. The second-order valence-corrected chi connectivity index (χ2v) is 6.99. The van der Waals surface area contributed by atoms with Gasteiger partial charge in [-0.25, -0.2) is 4.79 Å². The van der Waals surface area contributed by atoms with E-state index in [1.807, 2.05) is 0 Å². The van der Waals surface area contributed by atoms with E-state index in [2.05, 4.69) is 17.3 Å². The van der Waals surface area contributed by atoms with Gasteiger partial charge in [0.05, 0.1) is 30.2 Å². The summed E-state index contributed by atoms with van der Waals surface area (Å²) in [7, 11) is 1.29. The fraction of sp³-hybridized carbons (Fsp3) is 0.421. The molecule has 0 saturated heterocycles. The molecule has 0 aliphatic heterocycles. The van der Waals surface area contributed by atoms with Gasteiger partial charge in [-0.2, -0.15) is 9.78 Å². The molecule has 0 radical (unpaired) electrons. The zero-order valence-corrected chi connectivity index (χ0v) is 15.6. The summed E-state index contributed by atoms with van der Waals surface area (Å²) in [6.07, 6.45) is 6.14. The number of carbonyl (C=O) groups is 1. The molecule has 2 atom stereocenters. The molecule has 1 heterocycles. The van der Waals surface area contributed by atoms with Gasteiger partial charge in [0.25, 0.3) is 5.56 Å². The maximum absolute atomic E-state index is 12.8. The van der Waals surface area contributed by atoms with Crippen molar-refractivity contribution in [2.75, 3.05) is 12.4 Å². The van der Waals surface area contributed by atoms with Gasteiger partial charge in [-0.05, 0) is 30.9 Å². The predicted octanol–water partition coefficient (Wildman–Crippen LogP) is 3.66. The Hall–Kier alpha value is -2.34. The molecule has 1 aromatic heterocycles. The molecule has 0 spiro atoms. The highest BCUT2D eigenvalue weighted by molar-refractivity contribution is 6.33. The molecular formula is C19H22ClN3O3. The van der Waals surface area contributed by atoms with Crippen molar-refractivity contribution in [2.24, 2.45) is 5.92 Å². The Labute approximate surface area is 157 Å². The minimum absolute atomic E-state index is 0.0671. The van der Waals surface area contributed by atoms with Crippen LogP contribution in [0.4, 0.5) is 5.69 Å². The van der Waals surface area contributed by atoms with E-state index >= 15 is 0 Å². The van der Waals surface area contributed by atoms with E-state index in [4.69, 9.17) is 16.3 Å². The van der Waals surface area contributed by atoms with Crippen LogP contribution in [0.3, 0.4) is 0 Å². The summed E-state index contributed by atoms with van der Waals surface area (Å²) < 4.78 is 5.91. The lowest BCUT2D eigenvalue weighted by Crippen LogP contribution is -2.32. The number of nitrogens with zero attached hydrogens (tertiary/aromatic N) is 2. The number of halogens is 1. The van der Waals surface area contributed by atoms with Crippen molar-refractivity contribution in [1.29, 1.82) is 0 Å². The van der Waals surface area contributed by atoms with Crippen molar-refractivity contribution < 1.29 is 9.53 Å². The van der Waals surface area contributed by atoms with Crippen LogP contribution in [0.1, 0.15) is 43.0 Å². The molecule has 0 amide bonds. The first-order chi connectivity index (χ1) is 12.5. The monoisotopic (exact) mass is 375 g/mol. The van der Waals surface area contributed by atoms with Crippen LogP contribution in [0.5, 0.6) is 0 Å². The summed E-state index contributed by atoms with van der Waals surface area (Å²) in [5, 5.41) is 7.66. The molecule has 2 aromatic rings. The zero-order valence-electron chi connectivity index (χ0n) is 14.9. The maximum atomic E-state index is 12.8. The van der Waals surface area contributed by atoms with Crippen LogP contribution in [-0.4, -0.2) is 28.9 Å². The smallest absolute Gasteiger partial charge is 0.340 e. The maximum Gasteiger partial charge on any atom is 0.340 e. The number of carbonyl (C=O) groups excluding carboxylic acids is 1. The second kappa shape index (κ2) is 7.91. The highest BCUT2D eigenvalue weighted by atomic mass is 35.5. The van der Waals surface area contributed by atoms with Gasteiger partial charge >= 0.3 is 5.97 Å². The Morgan fingerprint density at radius 2 is 2.04 bits per heavy atom. The van der Waals surface area contributed by atoms with Gasteiger partial charge in [0.1, 0.15) is 5.02 Å². The Morgan fingerprint density at radius 3 is 2.77 bits per heavy atom. The number of benzene rings is 1. The van der Waals surface area contributed by atoms with Crippen molar-refractivity contribution in [3.05, 3.63) is 51.4 Å². The average Bonchev–Trinajstić information content (AvgIpc) is 2.67. The van der Waals surface area contributed by atoms with Gasteiger partial charge in [-0.1, -0.05) is 43.5 Å². The van der Waals surface area contributed by atoms with Gasteiger partial charge in [0.2, 0.25) is 0 Å². The first kappa shape index (κ1) is 18.5. The predicted molar refractivity (Wildman–Crippen MR) is 101 cm³/mol. The molecular weight excluding hydrogens is 354 g/mol. The Bertz CT molecular complexity index is 865. The van der Waals surface area contributed by atoms with Crippen molar-refractivity contribution in [3.8, 4) is 5.69 Å². The molecule has 1 aliphatic carbocycles. The third kappa shape index (κ3) is 3.60. The summed E-state index contributed by atoms with van der Waals surface area (Å²) in [5.74, 6) is -0.0223. The van der Waals surface area contributed by atoms with Crippen LogP contribution < -0.4 is 10.9 Å². The van der Waals surface area contributed by atoms with Crippen LogP contribution in [0.25, 0.3) is 5.69 Å². The van der Waals surface area contributed by atoms with E-state index in [0.717, 1.165) is 23.9 Å². The van der Waals surface area contributed by atoms with Gasteiger partial charge < -0.3 is 10.1 Å². The fourth-order valence-electron chi connectivity index (χ4n) is 3.38. The number of hydrogen-bond donors (Lipinski definition) is 1. The average molecular weight is 376 g/mol. The van der Waals surface area contributed by atoms with Crippen molar-refractivity contribution in [1.82, 2.24) is 9.78 Å². The number of anilines is 1. The van der Waals surface area contributed by atoms with Gasteiger partial charge in [-0.15, -0.1) is 0 Å². The third-order valence-electron chi connectivity index (χ3n) is 4.91. The second-order valence-electron chi connectivity index (χ2n) is 6.61. The minimum Gasteiger partial charge on any atom is -0.465 e. The number of hydrogen-bond acceptors (Lipinski definition) is 5. The number of para-hydroxylation sites is 1. The quantitative estimate of drug-likeness (QED) is 0.825. The van der Waals surface area contributed by atoms with Crippen LogP contribution in [0, 0.1) is 5.92 Å². The van der Waals surface area contributed by atoms with Gasteiger partial charge in [-0.3, -0.25) is 4.79 Å². The third-order valence-corrected chi connectivity index (χ3v) is 5.27. The Balaban J connectivity index is 1.96. The number of aromatic nitrogens is 2. The van der Waals surface area contributed by atoms with Crippen molar-refractivity contribution in [3.63, 3.8) is 0 Å². The lowest BCUT2D eigenvalue weighted by atomic mass is 9.86. The standard InChI is InChI=1S/C19H22ClN3O3/c1-12-7-3-5-9-14(12)22-15-11-21-23(18(24)17(15)20)16-10-6-4-8-13(16)19(25)26-2/h4,6,8,10-12,14,22H,3,5,7,9H2,1-2H3. The van der Waals surface area contributed by atoms with E-state index in [1.165, 1.54) is 13.5 Å². The summed E-state index contributed by atoms with van der Waals surface area (Å²) in [6.45, 7) is 2.20. The normalized spacial score (nSPS) is 19.8. The lowest BCUT2D eigenvalue weighted by molar-refractivity contribution is 0.0600. The molecule has 138 valence electrons. The number of rotatable bonds is 4. The highest BCUT2D eigenvalue weighted by Gasteiger charge is 2.23. The number of methoxy groups -OCH3 is 1. The van der Waals surface area contributed by atoms with Crippen LogP contribution in [-0.2, 0) is 4.74 Å². The van der Waals surface area contributed by atoms with E-state index in [9.17, 15) is 9.59 Å². The summed E-state index contributed by atoms with van der Waals surface area (Å²) in [5.41, 5.74) is 0.643. The Morgan fingerprint density at radius 1 is 1.31 bits per heavy atom. The van der Waals surface area contributed by atoms with Crippen molar-refractivity contribution >= 4 is 23.3 Å². The Kier molecular flexibility index (Phi) is 5.61. The summed E-state index contributed by atoms with van der Waals surface area (Å²) >= 11 is 6.33. The summed E-state index contributed by atoms with van der Waals surface area (Å²) in [4.78, 5) is 24.7. The topological polar surface area (TPSA) is 73.2 Å². The molecule has 3 rings (SSSR count). The molecule has 1 N–H and O–H groups in total. The van der Waals surface area contributed by atoms with Gasteiger partial charge in [0.15, 0.2) is 0 Å². The van der Waals surface area contributed by atoms with Gasteiger partial charge in [0, 0.05) is 6.04 Å². The first-order valence-electron chi connectivity index (χ1n) is 8.75. The van der Waals surface area contributed by atoms with Crippen LogP contribution in [0.2, 0.25) is 5.02 Å². The molecule has 1 aliphatic rings. The van der Waals surface area contributed by atoms with Crippen molar-refractivity contribution in [2.45, 2.75) is 38.6 Å². The zero-order chi connectivity index (χ0) is 18.7. The molecule has 1 fully saturated rings. The number of nitrogens with one attached hydrogen (secondary N) is 1. The van der Waals surface area contributed by atoms with E-state index in [0.29, 0.717) is 17.3 Å². The molecule has 6 nitrogen and oxygen atoms in total. The highest BCUT2D eigenvalue weighted by Crippen LogP contribution is 2.28. The molecule has 26 heavy (non-hydrogen) atoms. The number of ether oxygens (including phenoxy) is 1. The molecule has 0 bridgehead atoms. The SMILES string of the molecule is COC(=O)c1ccccc1-n1ncc(NC2CCCCC2C)c(Cl)c1=O. The van der Waals surface area contributed by atoms with Crippen LogP contribution in [0.15, 0.2) is 35.3 Å². The van der Waals surface area contributed by atoms with Crippen LogP contribution >= 0.6 is 11.6 Å². The largest absolute Gasteiger partial charge is 0.465 e. The van der Waals surface area contributed by atoms with E-state index in [1.54, 1.807) is 30.5 Å².